The van der Waals surface area contributed by atoms with Crippen molar-refractivity contribution in [1.29, 1.82) is 0 Å². The summed E-state index contributed by atoms with van der Waals surface area (Å²) in [5.74, 6) is 0.226. The van der Waals surface area contributed by atoms with Crippen molar-refractivity contribution in [2.45, 2.75) is 6.92 Å². The van der Waals surface area contributed by atoms with E-state index in [1.807, 2.05) is 12.1 Å². The Morgan fingerprint density at radius 3 is 2.71 bits per heavy atom. The number of aromatic hydroxyl groups is 1. The number of hydrogen-bond acceptors (Lipinski definition) is 3. The number of hydrogen-bond donors (Lipinski definition) is 2. The number of ether oxygens (including phenoxy) is 1. The van der Waals surface area contributed by atoms with Crippen LogP contribution in [0.5, 0.6) is 5.75 Å². The number of phenols is 1. The molecule has 0 aliphatic carbocycles. The van der Waals surface area contributed by atoms with Gasteiger partial charge >= 0.3 is 6.09 Å². The van der Waals surface area contributed by atoms with Crippen molar-refractivity contribution in [3.63, 3.8) is 0 Å². The number of phenolic OH excluding ortho intramolecular Hbond substituents is 1. The van der Waals surface area contributed by atoms with Crippen LogP contribution in [0.2, 0.25) is 0 Å². The summed E-state index contributed by atoms with van der Waals surface area (Å²) >= 11 is 0. The minimum absolute atomic E-state index is 0.226. The van der Waals surface area contributed by atoms with Gasteiger partial charge in [0.25, 0.3) is 0 Å². The molecule has 0 heterocycles. The molecule has 0 radical (unpaired) electrons. The third kappa shape index (κ3) is 2.66. The molecule has 2 aromatic rings. The van der Waals surface area contributed by atoms with E-state index in [9.17, 15) is 9.90 Å². The molecule has 88 valence electrons. The lowest BCUT2D eigenvalue weighted by molar-refractivity contribution is 0.168. The molecule has 0 spiro atoms. The molecular formula is C13H13NO3. The number of fused-ring (bicyclic) bond motifs is 1. The highest BCUT2D eigenvalue weighted by molar-refractivity contribution is 5.91. The smallest absolute Gasteiger partial charge is 0.411 e. The van der Waals surface area contributed by atoms with Crippen molar-refractivity contribution in [1.82, 2.24) is 0 Å². The maximum atomic E-state index is 11.2. The molecule has 0 bridgehead atoms. The Morgan fingerprint density at radius 2 is 1.94 bits per heavy atom. The number of carbonyl (C=O) groups is 1. The van der Waals surface area contributed by atoms with E-state index in [4.69, 9.17) is 4.74 Å². The van der Waals surface area contributed by atoms with E-state index in [0.717, 1.165) is 10.8 Å². The van der Waals surface area contributed by atoms with Crippen LogP contribution in [-0.2, 0) is 4.74 Å². The van der Waals surface area contributed by atoms with Gasteiger partial charge in [0.05, 0.1) is 6.61 Å². The van der Waals surface area contributed by atoms with E-state index in [1.54, 1.807) is 31.2 Å². The molecule has 4 nitrogen and oxygen atoms in total. The zero-order valence-electron chi connectivity index (χ0n) is 9.43. The summed E-state index contributed by atoms with van der Waals surface area (Å²) in [4.78, 5) is 11.2. The summed E-state index contributed by atoms with van der Waals surface area (Å²) in [5.41, 5.74) is 0.668. The summed E-state index contributed by atoms with van der Waals surface area (Å²) in [6.45, 7) is 2.09. The summed E-state index contributed by atoms with van der Waals surface area (Å²) in [5, 5.41) is 13.8. The Balaban J connectivity index is 2.26. The van der Waals surface area contributed by atoms with Crippen LogP contribution in [-0.4, -0.2) is 17.8 Å². The molecule has 0 aromatic heterocycles. The Hall–Kier alpha value is -2.23. The number of carbonyl (C=O) groups excluding carboxylic acids is 1. The fraction of sp³-hybridized carbons (Fsp3) is 0.154. The lowest BCUT2D eigenvalue weighted by Gasteiger charge is -2.06. The molecule has 2 rings (SSSR count). The topological polar surface area (TPSA) is 58.6 Å². The van der Waals surface area contributed by atoms with Gasteiger partial charge in [-0.3, -0.25) is 5.32 Å². The van der Waals surface area contributed by atoms with Crippen LogP contribution in [0.15, 0.2) is 36.4 Å². The minimum atomic E-state index is -0.467. The van der Waals surface area contributed by atoms with E-state index in [2.05, 4.69) is 5.32 Å². The van der Waals surface area contributed by atoms with Crippen molar-refractivity contribution in [2.24, 2.45) is 0 Å². The van der Waals surface area contributed by atoms with Crippen LogP contribution in [0.25, 0.3) is 10.8 Å². The Bertz CT molecular complexity index is 551. The van der Waals surface area contributed by atoms with Gasteiger partial charge in [0.15, 0.2) is 0 Å². The SMILES string of the molecule is CCOC(=O)Nc1ccc2cc(O)ccc2c1. The predicted octanol–water partition coefficient (Wildman–Crippen LogP) is 3.11. The van der Waals surface area contributed by atoms with Gasteiger partial charge < -0.3 is 9.84 Å². The maximum Gasteiger partial charge on any atom is 0.411 e. The standard InChI is InChI=1S/C13H13NO3/c1-2-17-13(16)14-11-5-3-10-8-12(15)6-4-9(10)7-11/h3-8,15H,2H2,1H3,(H,14,16). The third-order valence-corrected chi connectivity index (χ3v) is 2.35. The Labute approximate surface area is 98.8 Å². The number of rotatable bonds is 2. The van der Waals surface area contributed by atoms with Crippen molar-refractivity contribution >= 4 is 22.6 Å². The average molecular weight is 231 g/mol. The number of amides is 1. The highest BCUT2D eigenvalue weighted by Gasteiger charge is 2.02. The number of anilines is 1. The van der Waals surface area contributed by atoms with Gasteiger partial charge in [0, 0.05) is 5.69 Å². The molecule has 0 fully saturated rings. The first-order valence-electron chi connectivity index (χ1n) is 5.35. The van der Waals surface area contributed by atoms with Crippen molar-refractivity contribution in [3.8, 4) is 5.75 Å². The molecule has 17 heavy (non-hydrogen) atoms. The summed E-state index contributed by atoms with van der Waals surface area (Å²) in [6.07, 6.45) is -0.467. The van der Waals surface area contributed by atoms with Gasteiger partial charge in [0.2, 0.25) is 0 Å². The second-order valence-corrected chi connectivity index (χ2v) is 3.59. The fourth-order valence-electron chi connectivity index (χ4n) is 1.60. The van der Waals surface area contributed by atoms with Gasteiger partial charge in [0.1, 0.15) is 5.75 Å². The van der Waals surface area contributed by atoms with Crippen LogP contribution in [0.3, 0.4) is 0 Å². The van der Waals surface area contributed by atoms with Gasteiger partial charge in [-0.15, -0.1) is 0 Å². The van der Waals surface area contributed by atoms with Crippen molar-refractivity contribution in [2.75, 3.05) is 11.9 Å². The zero-order valence-corrected chi connectivity index (χ0v) is 9.43. The molecule has 0 atom stereocenters. The van der Waals surface area contributed by atoms with Crippen LogP contribution < -0.4 is 5.32 Å². The zero-order chi connectivity index (χ0) is 12.3. The highest BCUT2D eigenvalue weighted by Crippen LogP contribution is 2.23. The van der Waals surface area contributed by atoms with E-state index < -0.39 is 6.09 Å². The lowest BCUT2D eigenvalue weighted by Crippen LogP contribution is -2.13. The van der Waals surface area contributed by atoms with Crippen molar-refractivity contribution in [3.05, 3.63) is 36.4 Å². The van der Waals surface area contributed by atoms with Gasteiger partial charge in [-0.1, -0.05) is 12.1 Å². The third-order valence-electron chi connectivity index (χ3n) is 2.35. The van der Waals surface area contributed by atoms with E-state index in [1.165, 1.54) is 0 Å². The molecule has 0 saturated carbocycles. The summed E-state index contributed by atoms with van der Waals surface area (Å²) in [7, 11) is 0. The second kappa shape index (κ2) is 4.74. The first kappa shape index (κ1) is 11.3. The normalized spacial score (nSPS) is 10.2. The number of benzene rings is 2. The molecule has 0 unspecified atom stereocenters. The Morgan fingerprint density at radius 1 is 1.24 bits per heavy atom. The lowest BCUT2D eigenvalue weighted by atomic mass is 10.1. The number of nitrogens with one attached hydrogen (secondary N) is 1. The average Bonchev–Trinajstić information content (AvgIpc) is 2.29. The monoisotopic (exact) mass is 231 g/mol. The molecule has 0 aliphatic heterocycles. The molecular weight excluding hydrogens is 218 g/mol. The van der Waals surface area contributed by atoms with Gasteiger partial charge in [-0.25, -0.2) is 4.79 Å². The van der Waals surface area contributed by atoms with Gasteiger partial charge in [-0.05, 0) is 42.0 Å². The molecule has 0 saturated heterocycles. The highest BCUT2D eigenvalue weighted by atomic mass is 16.5. The van der Waals surface area contributed by atoms with E-state index in [-0.39, 0.29) is 5.75 Å². The maximum absolute atomic E-state index is 11.2. The van der Waals surface area contributed by atoms with E-state index >= 15 is 0 Å². The summed E-state index contributed by atoms with van der Waals surface area (Å²) in [6, 6.07) is 10.5. The predicted molar refractivity (Wildman–Crippen MR) is 66.3 cm³/mol. The molecule has 1 amide bonds. The molecule has 0 aliphatic rings. The van der Waals surface area contributed by atoms with Crippen LogP contribution in [0, 0.1) is 0 Å². The van der Waals surface area contributed by atoms with Crippen LogP contribution >= 0.6 is 0 Å². The van der Waals surface area contributed by atoms with Crippen molar-refractivity contribution < 1.29 is 14.6 Å². The second-order valence-electron chi connectivity index (χ2n) is 3.59. The molecule has 4 heteroatoms. The quantitative estimate of drug-likeness (QED) is 0.834. The van der Waals surface area contributed by atoms with E-state index in [0.29, 0.717) is 12.3 Å². The largest absolute Gasteiger partial charge is 0.508 e. The summed E-state index contributed by atoms with van der Waals surface area (Å²) < 4.78 is 4.79. The fourth-order valence-corrected chi connectivity index (χ4v) is 1.60. The van der Waals surface area contributed by atoms with Crippen LogP contribution in [0.1, 0.15) is 6.92 Å². The van der Waals surface area contributed by atoms with Gasteiger partial charge in [-0.2, -0.15) is 0 Å². The first-order chi connectivity index (χ1) is 8.19. The van der Waals surface area contributed by atoms with Crippen LogP contribution in [0.4, 0.5) is 10.5 Å². The molecule has 2 aromatic carbocycles. The minimum Gasteiger partial charge on any atom is -0.508 e. The molecule has 2 N–H and O–H groups in total. The Kier molecular flexibility index (Phi) is 3.14. The first-order valence-corrected chi connectivity index (χ1v) is 5.35.